The van der Waals surface area contributed by atoms with Gasteiger partial charge in [0.25, 0.3) is 5.91 Å². The number of sulfonamides is 1. The highest BCUT2D eigenvalue weighted by atomic mass is 32.2. The van der Waals surface area contributed by atoms with Crippen molar-refractivity contribution in [1.82, 2.24) is 14.4 Å². The van der Waals surface area contributed by atoms with Gasteiger partial charge in [0.2, 0.25) is 10.0 Å². The fourth-order valence-corrected chi connectivity index (χ4v) is 5.73. The van der Waals surface area contributed by atoms with Gasteiger partial charge in [-0.1, -0.05) is 23.4 Å². The number of likely N-dealkylation sites (tertiary alicyclic amines) is 1. The minimum absolute atomic E-state index is 0.159. The fraction of sp³-hybridized carbons (Fsp3) is 0.364. The molecular formula is C22H24N4O4S. The molecule has 0 saturated carbocycles. The fourth-order valence-electron chi connectivity index (χ4n) is 4.28. The molecule has 0 bridgehead atoms. The molecule has 2 fully saturated rings. The summed E-state index contributed by atoms with van der Waals surface area (Å²) in [5, 5.41) is 4.38. The number of carbonyl (C=O) groups excluding carboxylic acids is 1. The predicted molar refractivity (Wildman–Crippen MR) is 117 cm³/mol. The molecule has 2 aliphatic rings. The van der Waals surface area contributed by atoms with Crippen LogP contribution >= 0.6 is 0 Å². The summed E-state index contributed by atoms with van der Waals surface area (Å²) in [7, 11) is -3.69. The number of piperazine rings is 1. The average Bonchev–Trinajstić information content (AvgIpc) is 3.49. The van der Waals surface area contributed by atoms with E-state index in [0.29, 0.717) is 50.2 Å². The molecule has 1 amide bonds. The average molecular weight is 441 g/mol. The maximum atomic E-state index is 13.3. The molecule has 162 valence electrons. The molecule has 3 heterocycles. The van der Waals surface area contributed by atoms with Gasteiger partial charge in [0.1, 0.15) is 0 Å². The lowest BCUT2D eigenvalue weighted by Gasteiger charge is -2.35. The Bertz CT molecular complexity index is 1190. The first kappa shape index (κ1) is 20.0. The van der Waals surface area contributed by atoms with Crippen molar-refractivity contribution in [2.45, 2.75) is 17.7 Å². The van der Waals surface area contributed by atoms with Gasteiger partial charge in [-0.25, -0.2) is 8.42 Å². The lowest BCUT2D eigenvalue weighted by Crippen LogP contribution is -2.48. The first-order valence-corrected chi connectivity index (χ1v) is 12.0. The Morgan fingerprint density at radius 1 is 0.903 bits per heavy atom. The molecule has 0 unspecified atom stereocenters. The molecule has 0 aliphatic carbocycles. The maximum Gasteiger partial charge on any atom is 0.276 e. The molecule has 0 radical (unpaired) electrons. The zero-order valence-corrected chi connectivity index (χ0v) is 17.9. The number of hydrogen-bond acceptors (Lipinski definition) is 6. The van der Waals surface area contributed by atoms with Gasteiger partial charge in [0.15, 0.2) is 11.3 Å². The van der Waals surface area contributed by atoms with Crippen LogP contribution in [0.2, 0.25) is 0 Å². The quantitative estimate of drug-likeness (QED) is 0.620. The van der Waals surface area contributed by atoms with E-state index in [0.717, 1.165) is 18.5 Å². The third-order valence-electron chi connectivity index (χ3n) is 6.04. The van der Waals surface area contributed by atoms with Gasteiger partial charge in [0, 0.05) is 45.0 Å². The van der Waals surface area contributed by atoms with Gasteiger partial charge in [0.05, 0.1) is 10.3 Å². The lowest BCUT2D eigenvalue weighted by atomic mass is 10.2. The number of benzene rings is 2. The molecule has 0 atom stereocenters. The number of anilines is 1. The molecule has 2 saturated heterocycles. The number of fused-ring (bicyclic) bond motifs is 1. The van der Waals surface area contributed by atoms with Gasteiger partial charge < -0.3 is 14.3 Å². The highest BCUT2D eigenvalue weighted by Crippen LogP contribution is 2.27. The van der Waals surface area contributed by atoms with E-state index in [2.05, 4.69) is 10.1 Å². The Morgan fingerprint density at radius 3 is 2.32 bits per heavy atom. The second-order valence-corrected chi connectivity index (χ2v) is 9.85. The van der Waals surface area contributed by atoms with Gasteiger partial charge in [-0.15, -0.1) is 0 Å². The smallest absolute Gasteiger partial charge is 0.276 e. The van der Waals surface area contributed by atoms with Crippen molar-refractivity contribution in [1.29, 1.82) is 0 Å². The molecule has 5 rings (SSSR count). The number of rotatable bonds is 4. The molecule has 0 N–H and O–H groups in total. The van der Waals surface area contributed by atoms with Crippen LogP contribution in [0.15, 0.2) is 57.9 Å². The van der Waals surface area contributed by atoms with Crippen molar-refractivity contribution in [3.8, 4) is 0 Å². The Labute approximate surface area is 181 Å². The summed E-state index contributed by atoms with van der Waals surface area (Å²) < 4.78 is 33.4. The summed E-state index contributed by atoms with van der Waals surface area (Å²) in [4.78, 5) is 16.9. The lowest BCUT2D eigenvalue weighted by molar-refractivity contribution is 0.0784. The zero-order chi connectivity index (χ0) is 21.4. The normalized spacial score (nSPS) is 18.1. The Morgan fingerprint density at radius 2 is 1.61 bits per heavy atom. The molecule has 2 aliphatic heterocycles. The summed E-state index contributed by atoms with van der Waals surface area (Å²) >= 11 is 0. The first-order valence-electron chi connectivity index (χ1n) is 10.5. The number of hydrogen-bond donors (Lipinski definition) is 0. The van der Waals surface area contributed by atoms with Gasteiger partial charge in [-0.3, -0.25) is 4.79 Å². The van der Waals surface area contributed by atoms with Crippen LogP contribution in [0.3, 0.4) is 0 Å². The highest BCUT2D eigenvalue weighted by Gasteiger charge is 2.30. The van der Waals surface area contributed by atoms with Crippen molar-refractivity contribution in [2.75, 3.05) is 44.2 Å². The van der Waals surface area contributed by atoms with Crippen LogP contribution in [0.5, 0.6) is 0 Å². The van der Waals surface area contributed by atoms with Crippen LogP contribution in [0.4, 0.5) is 5.69 Å². The third kappa shape index (κ3) is 3.68. The van der Waals surface area contributed by atoms with E-state index in [1.807, 2.05) is 30.3 Å². The summed E-state index contributed by atoms with van der Waals surface area (Å²) in [6.07, 6.45) is 1.94. The number of amides is 1. The molecule has 3 aromatic rings. The van der Waals surface area contributed by atoms with Gasteiger partial charge in [-0.2, -0.15) is 4.31 Å². The predicted octanol–water partition coefficient (Wildman–Crippen LogP) is 2.57. The zero-order valence-electron chi connectivity index (χ0n) is 17.1. The molecule has 2 aromatic carbocycles. The maximum absolute atomic E-state index is 13.3. The number of nitrogens with zero attached hydrogens (tertiary/aromatic N) is 4. The highest BCUT2D eigenvalue weighted by molar-refractivity contribution is 7.89. The Hall–Kier alpha value is -2.91. The van der Waals surface area contributed by atoms with Crippen molar-refractivity contribution < 1.29 is 17.7 Å². The number of para-hydroxylation sites is 1. The Balaban J connectivity index is 1.38. The van der Waals surface area contributed by atoms with E-state index >= 15 is 0 Å². The summed E-state index contributed by atoms with van der Waals surface area (Å²) in [6.45, 7) is 3.43. The molecule has 1 aromatic heterocycles. The summed E-state index contributed by atoms with van der Waals surface area (Å²) in [5.74, 6) is -0.206. The third-order valence-corrected chi connectivity index (χ3v) is 7.93. The van der Waals surface area contributed by atoms with E-state index in [1.54, 1.807) is 11.0 Å². The van der Waals surface area contributed by atoms with Crippen molar-refractivity contribution >= 4 is 32.6 Å². The van der Waals surface area contributed by atoms with Crippen LogP contribution in [-0.4, -0.2) is 68.0 Å². The monoisotopic (exact) mass is 440 g/mol. The molecule has 8 nitrogen and oxygen atoms in total. The second kappa shape index (κ2) is 7.97. The summed E-state index contributed by atoms with van der Waals surface area (Å²) in [5.41, 5.74) is 1.69. The SMILES string of the molecule is O=C(c1noc2ccc(S(=O)(=O)N3CCN(c4ccccc4)CC3)cc12)N1CCCC1. The molecule has 31 heavy (non-hydrogen) atoms. The van der Waals surface area contributed by atoms with E-state index in [9.17, 15) is 13.2 Å². The van der Waals surface area contributed by atoms with Crippen LogP contribution in [-0.2, 0) is 10.0 Å². The van der Waals surface area contributed by atoms with E-state index < -0.39 is 10.0 Å². The number of carbonyl (C=O) groups is 1. The van der Waals surface area contributed by atoms with Crippen LogP contribution in [0, 0.1) is 0 Å². The van der Waals surface area contributed by atoms with Crippen molar-refractivity contribution in [3.05, 3.63) is 54.2 Å². The second-order valence-electron chi connectivity index (χ2n) is 7.92. The van der Waals surface area contributed by atoms with Crippen molar-refractivity contribution in [3.63, 3.8) is 0 Å². The van der Waals surface area contributed by atoms with E-state index in [4.69, 9.17) is 4.52 Å². The van der Waals surface area contributed by atoms with Crippen LogP contribution in [0.25, 0.3) is 11.0 Å². The molecule has 9 heteroatoms. The van der Waals surface area contributed by atoms with E-state index in [-0.39, 0.29) is 16.5 Å². The minimum atomic E-state index is -3.69. The van der Waals surface area contributed by atoms with Crippen LogP contribution in [0.1, 0.15) is 23.3 Å². The molecule has 0 spiro atoms. The van der Waals surface area contributed by atoms with Gasteiger partial charge >= 0.3 is 0 Å². The molecular weight excluding hydrogens is 416 g/mol. The Kier molecular flexibility index (Phi) is 5.15. The minimum Gasteiger partial charge on any atom is -0.369 e. The van der Waals surface area contributed by atoms with Crippen molar-refractivity contribution in [2.24, 2.45) is 0 Å². The largest absolute Gasteiger partial charge is 0.369 e. The summed E-state index contributed by atoms with van der Waals surface area (Å²) in [6, 6.07) is 14.6. The standard InChI is InChI=1S/C22H24N4O4S/c27-22(25-10-4-5-11-25)21-19-16-18(8-9-20(19)30-23-21)31(28,29)26-14-12-24(13-15-26)17-6-2-1-3-7-17/h1-3,6-9,16H,4-5,10-15H2. The topological polar surface area (TPSA) is 87.0 Å². The van der Waals surface area contributed by atoms with Crippen LogP contribution < -0.4 is 4.90 Å². The first-order chi connectivity index (χ1) is 15.0. The van der Waals surface area contributed by atoms with E-state index in [1.165, 1.54) is 16.4 Å². The van der Waals surface area contributed by atoms with Gasteiger partial charge in [-0.05, 0) is 43.2 Å². The number of aromatic nitrogens is 1.